The zero-order chi connectivity index (χ0) is 19.7. The van der Waals surface area contributed by atoms with Gasteiger partial charge >= 0.3 is 0 Å². The van der Waals surface area contributed by atoms with Crippen LogP contribution in [0.3, 0.4) is 0 Å². The van der Waals surface area contributed by atoms with Crippen LogP contribution in [0, 0.1) is 13.8 Å². The lowest BCUT2D eigenvalue weighted by Crippen LogP contribution is -2.39. The van der Waals surface area contributed by atoms with Gasteiger partial charge in [0, 0.05) is 43.9 Å². The second-order valence-electron chi connectivity index (χ2n) is 7.29. The van der Waals surface area contributed by atoms with E-state index in [0.717, 1.165) is 41.6 Å². The monoisotopic (exact) mass is 376 g/mol. The molecule has 0 radical (unpaired) electrons. The van der Waals surface area contributed by atoms with E-state index in [-0.39, 0.29) is 11.9 Å². The van der Waals surface area contributed by atoms with Crippen LogP contribution in [0.2, 0.25) is 0 Å². The Morgan fingerprint density at radius 1 is 1.14 bits per heavy atom. The summed E-state index contributed by atoms with van der Waals surface area (Å²) in [6.45, 7) is 4.63. The lowest BCUT2D eigenvalue weighted by Gasteiger charge is -2.36. The molecule has 1 aliphatic rings. The molecule has 0 saturated carbocycles. The van der Waals surface area contributed by atoms with Crippen LogP contribution in [0.15, 0.2) is 36.9 Å². The Hall–Kier alpha value is -3.09. The van der Waals surface area contributed by atoms with Gasteiger partial charge in [0.05, 0.1) is 11.7 Å². The maximum atomic E-state index is 13.2. The van der Waals surface area contributed by atoms with Crippen molar-refractivity contribution in [3.8, 4) is 11.1 Å². The van der Waals surface area contributed by atoms with Crippen LogP contribution in [0.5, 0.6) is 0 Å². The maximum absolute atomic E-state index is 13.2. The molecule has 3 aromatic rings. The zero-order valence-electron chi connectivity index (χ0n) is 16.5. The Kier molecular flexibility index (Phi) is 4.90. The number of pyridine rings is 1. The van der Waals surface area contributed by atoms with Gasteiger partial charge in [0.1, 0.15) is 11.5 Å². The lowest BCUT2D eigenvalue weighted by molar-refractivity contribution is 0.0599. The number of amides is 1. The molecule has 0 aliphatic carbocycles. The Labute approximate surface area is 164 Å². The number of carbonyl (C=O) groups excluding carboxylic acids is 1. The van der Waals surface area contributed by atoms with Crippen molar-refractivity contribution in [2.24, 2.45) is 7.05 Å². The van der Waals surface area contributed by atoms with Gasteiger partial charge in [-0.3, -0.25) is 14.5 Å². The summed E-state index contributed by atoms with van der Waals surface area (Å²) in [6.07, 6.45) is 10.2. The normalized spacial score (nSPS) is 17.0. The van der Waals surface area contributed by atoms with Crippen LogP contribution < -0.4 is 0 Å². The van der Waals surface area contributed by atoms with E-state index in [1.807, 2.05) is 44.3 Å². The van der Waals surface area contributed by atoms with Crippen molar-refractivity contribution in [2.45, 2.75) is 39.2 Å². The first-order valence-electron chi connectivity index (χ1n) is 9.59. The van der Waals surface area contributed by atoms with Crippen LogP contribution in [-0.4, -0.2) is 42.1 Å². The predicted octanol–water partition coefficient (Wildman–Crippen LogP) is 3.26. The van der Waals surface area contributed by atoms with Crippen LogP contribution in [0.25, 0.3) is 11.1 Å². The third-order valence-corrected chi connectivity index (χ3v) is 5.26. The van der Waals surface area contributed by atoms with Crippen molar-refractivity contribution in [3.05, 3.63) is 59.7 Å². The number of aryl methyl sites for hydroxylation is 3. The van der Waals surface area contributed by atoms with E-state index in [1.54, 1.807) is 23.1 Å². The van der Waals surface area contributed by atoms with E-state index >= 15 is 0 Å². The second-order valence-corrected chi connectivity index (χ2v) is 7.29. The van der Waals surface area contributed by atoms with Crippen LogP contribution in [0.4, 0.5) is 0 Å². The summed E-state index contributed by atoms with van der Waals surface area (Å²) in [5.41, 5.74) is 4.47. The fourth-order valence-corrected chi connectivity index (χ4v) is 3.86. The summed E-state index contributed by atoms with van der Waals surface area (Å²) in [5.74, 6) is 0.667. The first-order chi connectivity index (χ1) is 13.5. The molecule has 144 valence electrons. The molecule has 1 unspecified atom stereocenters. The van der Waals surface area contributed by atoms with Gasteiger partial charge in [-0.05, 0) is 56.4 Å². The predicted molar refractivity (Wildman–Crippen MR) is 106 cm³/mol. The van der Waals surface area contributed by atoms with Crippen molar-refractivity contribution in [1.82, 2.24) is 29.6 Å². The number of likely N-dealkylation sites (tertiary alicyclic amines) is 1. The summed E-state index contributed by atoms with van der Waals surface area (Å²) in [5, 5.41) is 4.31. The number of hydrogen-bond acceptors (Lipinski definition) is 5. The molecule has 7 nitrogen and oxygen atoms in total. The summed E-state index contributed by atoms with van der Waals surface area (Å²) in [4.78, 5) is 28.5. The fraction of sp³-hybridized carbons (Fsp3) is 0.381. The molecule has 0 N–H and O–H groups in total. The molecule has 1 aliphatic heterocycles. The topological polar surface area (TPSA) is 76.8 Å². The molecule has 7 heteroatoms. The highest BCUT2D eigenvalue weighted by Crippen LogP contribution is 2.37. The molecule has 3 aromatic heterocycles. The minimum atomic E-state index is -0.0903. The van der Waals surface area contributed by atoms with Gasteiger partial charge in [-0.15, -0.1) is 0 Å². The molecule has 0 bridgehead atoms. The zero-order valence-corrected chi connectivity index (χ0v) is 16.5. The largest absolute Gasteiger partial charge is 0.329 e. The lowest BCUT2D eigenvalue weighted by atomic mass is 9.92. The van der Waals surface area contributed by atoms with E-state index in [1.165, 1.54) is 0 Å². The number of aromatic nitrogens is 5. The van der Waals surface area contributed by atoms with E-state index in [4.69, 9.17) is 4.98 Å². The molecule has 1 amide bonds. The Morgan fingerprint density at radius 2 is 2.00 bits per heavy atom. The summed E-state index contributed by atoms with van der Waals surface area (Å²) in [6, 6.07) is 3.67. The average Bonchev–Trinajstić information content (AvgIpc) is 3.14. The highest BCUT2D eigenvalue weighted by Gasteiger charge is 2.32. The van der Waals surface area contributed by atoms with Gasteiger partial charge in [-0.1, -0.05) is 0 Å². The first-order valence-corrected chi connectivity index (χ1v) is 9.59. The standard InChI is InChI=1S/C21H24N6O/c1-14-12-22-9-7-16(14)17-13-23-15(2)24-20(17)19-6-4-5-10-27(19)21(28)18-8-11-26(3)25-18/h7-9,11-13,19H,4-6,10H2,1-3H3. The molecule has 1 atom stereocenters. The summed E-state index contributed by atoms with van der Waals surface area (Å²) >= 11 is 0. The molecular formula is C21H24N6O. The van der Waals surface area contributed by atoms with Crippen molar-refractivity contribution in [2.75, 3.05) is 6.54 Å². The minimum Gasteiger partial charge on any atom is -0.329 e. The Morgan fingerprint density at radius 3 is 2.75 bits per heavy atom. The van der Waals surface area contributed by atoms with E-state index < -0.39 is 0 Å². The SMILES string of the molecule is Cc1ncc(-c2ccncc2C)c(C2CCCCN2C(=O)c2ccn(C)n2)n1. The number of nitrogens with zero attached hydrogens (tertiary/aromatic N) is 6. The van der Waals surface area contributed by atoms with Gasteiger partial charge < -0.3 is 4.90 Å². The smallest absolute Gasteiger partial charge is 0.274 e. The number of hydrogen-bond donors (Lipinski definition) is 0. The first kappa shape index (κ1) is 18.3. The third kappa shape index (κ3) is 3.40. The van der Waals surface area contributed by atoms with Gasteiger partial charge in [0.15, 0.2) is 0 Å². The second kappa shape index (κ2) is 7.50. The van der Waals surface area contributed by atoms with Crippen LogP contribution >= 0.6 is 0 Å². The highest BCUT2D eigenvalue weighted by molar-refractivity contribution is 5.92. The van der Waals surface area contributed by atoms with E-state index in [2.05, 4.69) is 15.1 Å². The molecular weight excluding hydrogens is 352 g/mol. The molecule has 4 rings (SSSR count). The molecule has 28 heavy (non-hydrogen) atoms. The Balaban J connectivity index is 1.79. The van der Waals surface area contributed by atoms with Crippen molar-refractivity contribution < 1.29 is 4.79 Å². The molecule has 0 aromatic carbocycles. The average molecular weight is 376 g/mol. The fourth-order valence-electron chi connectivity index (χ4n) is 3.86. The number of piperidine rings is 1. The van der Waals surface area contributed by atoms with E-state index in [0.29, 0.717) is 18.1 Å². The van der Waals surface area contributed by atoms with Crippen LogP contribution in [-0.2, 0) is 7.05 Å². The third-order valence-electron chi connectivity index (χ3n) is 5.26. The quantitative estimate of drug-likeness (QED) is 0.701. The molecule has 1 saturated heterocycles. The summed E-state index contributed by atoms with van der Waals surface area (Å²) in [7, 11) is 1.82. The van der Waals surface area contributed by atoms with Gasteiger partial charge in [0.2, 0.25) is 0 Å². The molecule has 0 spiro atoms. The number of carbonyl (C=O) groups is 1. The number of rotatable bonds is 3. The molecule has 1 fully saturated rings. The van der Waals surface area contributed by atoms with Crippen molar-refractivity contribution in [1.29, 1.82) is 0 Å². The Bertz CT molecular complexity index is 1010. The van der Waals surface area contributed by atoms with Gasteiger partial charge in [0.25, 0.3) is 5.91 Å². The van der Waals surface area contributed by atoms with Crippen molar-refractivity contribution >= 4 is 5.91 Å². The maximum Gasteiger partial charge on any atom is 0.274 e. The summed E-state index contributed by atoms with van der Waals surface area (Å²) < 4.78 is 1.66. The van der Waals surface area contributed by atoms with Gasteiger partial charge in [-0.25, -0.2) is 9.97 Å². The minimum absolute atomic E-state index is 0.0426. The van der Waals surface area contributed by atoms with Gasteiger partial charge in [-0.2, -0.15) is 5.10 Å². The van der Waals surface area contributed by atoms with Crippen LogP contribution in [0.1, 0.15) is 52.9 Å². The van der Waals surface area contributed by atoms with Crippen molar-refractivity contribution in [3.63, 3.8) is 0 Å². The molecule has 4 heterocycles. The van der Waals surface area contributed by atoms with E-state index in [9.17, 15) is 4.79 Å². The highest BCUT2D eigenvalue weighted by atomic mass is 16.2.